The third-order valence-corrected chi connectivity index (χ3v) is 4.79. The second-order valence-corrected chi connectivity index (χ2v) is 8.24. The zero-order chi connectivity index (χ0) is 23.7. The summed E-state index contributed by atoms with van der Waals surface area (Å²) >= 11 is 0. The fraction of sp³-hybridized carbons (Fsp3) is 0.500. The number of carboxylic acid groups (broad SMARTS) is 2. The molecule has 1 fully saturated rings. The monoisotopic (exact) mass is 445 g/mol. The maximum absolute atomic E-state index is 14.3. The van der Waals surface area contributed by atoms with Gasteiger partial charge < -0.3 is 14.9 Å². The largest absolute Gasteiger partial charge is 0.481 e. The maximum Gasteiger partial charge on any atom is 0.410 e. The molecule has 1 heterocycles. The highest BCUT2D eigenvalue weighted by Gasteiger charge is 2.45. The Hall–Kier alpha value is -3.11. The molecular formula is C20H22F3NO7. The van der Waals surface area contributed by atoms with Crippen LogP contribution in [0, 0.1) is 23.4 Å². The van der Waals surface area contributed by atoms with Crippen LogP contribution in [0.5, 0.6) is 0 Å². The Bertz CT molecular complexity index is 899. The molecule has 1 aromatic rings. The van der Waals surface area contributed by atoms with Gasteiger partial charge >= 0.3 is 18.0 Å². The lowest BCUT2D eigenvalue weighted by Gasteiger charge is -2.28. The minimum Gasteiger partial charge on any atom is -0.481 e. The Labute approximate surface area is 175 Å². The number of Topliss-reactive ketones (excluding diaryl/α,β-unsaturated/α-hetero) is 1. The van der Waals surface area contributed by atoms with Crippen molar-refractivity contribution in [3.8, 4) is 0 Å². The maximum atomic E-state index is 14.3. The van der Waals surface area contributed by atoms with E-state index < -0.39 is 83.3 Å². The number of carbonyl (C=O) groups excluding carboxylic acids is 2. The van der Waals surface area contributed by atoms with E-state index in [1.165, 1.54) is 0 Å². The van der Waals surface area contributed by atoms with E-state index in [1.807, 2.05) is 0 Å². The standard InChI is InChI=1S/C20H22F3NO7/c1-20(2,3)31-19(30)24-8-9(15-11(21)4-5-12(22)16(15)23)6-13(24)14(25)7-10(17(26)27)18(28)29/h4-5,9-10,13H,6-8H2,1-3H3,(H,26,27)(H,28,29). The summed E-state index contributed by atoms with van der Waals surface area (Å²) in [7, 11) is 0. The number of hydrogen-bond donors (Lipinski definition) is 2. The molecule has 2 rings (SSSR count). The third kappa shape index (κ3) is 5.53. The molecule has 0 spiro atoms. The number of nitrogens with zero attached hydrogens (tertiary/aromatic N) is 1. The van der Waals surface area contributed by atoms with Crippen molar-refractivity contribution in [1.29, 1.82) is 0 Å². The summed E-state index contributed by atoms with van der Waals surface area (Å²) in [4.78, 5) is 48.4. The molecular weight excluding hydrogens is 423 g/mol. The molecule has 31 heavy (non-hydrogen) atoms. The van der Waals surface area contributed by atoms with Gasteiger partial charge in [-0.15, -0.1) is 0 Å². The van der Waals surface area contributed by atoms with Gasteiger partial charge in [0.15, 0.2) is 23.3 Å². The Morgan fingerprint density at radius 2 is 1.65 bits per heavy atom. The Balaban J connectivity index is 2.40. The van der Waals surface area contributed by atoms with Crippen molar-refractivity contribution >= 4 is 23.8 Å². The molecule has 1 aromatic carbocycles. The molecule has 0 bridgehead atoms. The summed E-state index contributed by atoms with van der Waals surface area (Å²) in [5, 5.41) is 18.0. The van der Waals surface area contributed by atoms with E-state index in [4.69, 9.17) is 14.9 Å². The molecule has 2 unspecified atom stereocenters. The average molecular weight is 445 g/mol. The lowest BCUT2D eigenvalue weighted by Crippen LogP contribution is -2.44. The number of ketones is 1. The van der Waals surface area contributed by atoms with Crippen molar-refractivity contribution in [2.24, 2.45) is 5.92 Å². The Morgan fingerprint density at radius 3 is 2.16 bits per heavy atom. The molecule has 0 saturated carbocycles. The number of halogens is 3. The molecule has 1 saturated heterocycles. The number of carboxylic acids is 2. The van der Waals surface area contributed by atoms with Crippen molar-refractivity contribution in [3.63, 3.8) is 0 Å². The van der Waals surface area contributed by atoms with E-state index in [2.05, 4.69) is 0 Å². The van der Waals surface area contributed by atoms with Crippen molar-refractivity contribution in [2.45, 2.75) is 51.2 Å². The van der Waals surface area contributed by atoms with Crippen molar-refractivity contribution < 1.29 is 47.3 Å². The number of hydrogen-bond acceptors (Lipinski definition) is 5. The van der Waals surface area contributed by atoms with Crippen molar-refractivity contribution in [2.75, 3.05) is 6.54 Å². The lowest BCUT2D eigenvalue weighted by molar-refractivity contribution is -0.156. The van der Waals surface area contributed by atoms with Crippen LogP contribution in [-0.2, 0) is 19.1 Å². The van der Waals surface area contributed by atoms with Crippen LogP contribution in [0.15, 0.2) is 12.1 Å². The van der Waals surface area contributed by atoms with Crippen LogP contribution in [-0.4, -0.2) is 57.1 Å². The average Bonchev–Trinajstić information content (AvgIpc) is 3.06. The Kier molecular flexibility index (Phi) is 6.97. The van der Waals surface area contributed by atoms with Crippen LogP contribution in [0.3, 0.4) is 0 Å². The minimum absolute atomic E-state index is 0.360. The summed E-state index contributed by atoms with van der Waals surface area (Å²) in [6.45, 7) is 4.23. The molecule has 11 heteroatoms. The molecule has 0 radical (unpaired) electrons. The van der Waals surface area contributed by atoms with Gasteiger partial charge in [-0.05, 0) is 39.3 Å². The number of benzene rings is 1. The van der Waals surface area contributed by atoms with E-state index in [-0.39, 0.29) is 6.42 Å². The first-order valence-corrected chi connectivity index (χ1v) is 9.34. The molecule has 0 aromatic heterocycles. The molecule has 170 valence electrons. The van der Waals surface area contributed by atoms with Crippen LogP contribution in [0.25, 0.3) is 0 Å². The fourth-order valence-corrected chi connectivity index (χ4v) is 3.41. The number of likely N-dealkylation sites (tertiary alicyclic amines) is 1. The molecule has 1 aliphatic rings. The zero-order valence-corrected chi connectivity index (χ0v) is 17.0. The molecule has 1 amide bonds. The van der Waals surface area contributed by atoms with Gasteiger partial charge in [0.2, 0.25) is 0 Å². The summed E-state index contributed by atoms with van der Waals surface area (Å²) in [6.07, 6.45) is -2.32. The van der Waals surface area contributed by atoms with Crippen LogP contribution in [0.2, 0.25) is 0 Å². The molecule has 1 aliphatic heterocycles. The third-order valence-electron chi connectivity index (χ3n) is 4.79. The molecule has 2 N–H and O–H groups in total. The smallest absolute Gasteiger partial charge is 0.410 e. The van der Waals surface area contributed by atoms with E-state index >= 15 is 0 Å². The predicted octanol–water partition coefficient (Wildman–Crippen LogP) is 2.94. The highest BCUT2D eigenvalue weighted by molar-refractivity contribution is 5.99. The topological polar surface area (TPSA) is 121 Å². The number of rotatable bonds is 6. The summed E-state index contributed by atoms with van der Waals surface area (Å²) in [6, 6.07) is -0.0871. The van der Waals surface area contributed by atoms with Crippen LogP contribution in [0.1, 0.15) is 45.1 Å². The van der Waals surface area contributed by atoms with Gasteiger partial charge in [0.1, 0.15) is 11.4 Å². The van der Waals surface area contributed by atoms with Gasteiger partial charge in [0.05, 0.1) is 6.04 Å². The van der Waals surface area contributed by atoms with Gasteiger partial charge in [0.25, 0.3) is 0 Å². The predicted molar refractivity (Wildman–Crippen MR) is 98.8 cm³/mol. The first kappa shape index (κ1) is 24.2. The SMILES string of the molecule is CC(C)(C)OC(=O)N1CC(c2c(F)ccc(F)c2F)CC1C(=O)CC(C(=O)O)C(=O)O. The summed E-state index contributed by atoms with van der Waals surface area (Å²) < 4.78 is 47.4. The van der Waals surface area contributed by atoms with E-state index in [0.717, 1.165) is 4.90 Å². The van der Waals surface area contributed by atoms with Gasteiger partial charge in [-0.25, -0.2) is 18.0 Å². The van der Waals surface area contributed by atoms with Gasteiger partial charge in [-0.1, -0.05) is 0 Å². The summed E-state index contributed by atoms with van der Waals surface area (Å²) in [5.41, 5.74) is -1.64. The quantitative estimate of drug-likeness (QED) is 0.510. The number of carbonyl (C=O) groups is 4. The second kappa shape index (κ2) is 8.94. The van der Waals surface area contributed by atoms with Crippen molar-refractivity contribution in [3.05, 3.63) is 35.1 Å². The number of ether oxygens (including phenoxy) is 1. The Morgan fingerprint density at radius 1 is 1.10 bits per heavy atom. The highest BCUT2D eigenvalue weighted by atomic mass is 19.2. The molecule has 2 atom stereocenters. The van der Waals surface area contributed by atoms with Crippen molar-refractivity contribution in [1.82, 2.24) is 4.90 Å². The first-order chi connectivity index (χ1) is 14.2. The minimum atomic E-state index is -2.06. The second-order valence-electron chi connectivity index (χ2n) is 8.24. The first-order valence-electron chi connectivity index (χ1n) is 9.34. The van der Waals surface area contributed by atoms with E-state index in [1.54, 1.807) is 20.8 Å². The van der Waals surface area contributed by atoms with Crippen LogP contribution in [0.4, 0.5) is 18.0 Å². The van der Waals surface area contributed by atoms with Crippen LogP contribution < -0.4 is 0 Å². The molecule has 8 nitrogen and oxygen atoms in total. The van der Waals surface area contributed by atoms with Gasteiger partial charge in [-0.2, -0.15) is 0 Å². The normalized spacial score (nSPS) is 18.9. The van der Waals surface area contributed by atoms with Gasteiger partial charge in [-0.3, -0.25) is 19.3 Å². The number of aliphatic carboxylic acids is 2. The fourth-order valence-electron chi connectivity index (χ4n) is 3.41. The van der Waals surface area contributed by atoms with Crippen LogP contribution >= 0.6 is 0 Å². The van der Waals surface area contributed by atoms with Gasteiger partial charge in [0, 0.05) is 24.4 Å². The van der Waals surface area contributed by atoms with E-state index in [9.17, 15) is 32.3 Å². The van der Waals surface area contributed by atoms with E-state index in [0.29, 0.717) is 12.1 Å². The lowest BCUT2D eigenvalue weighted by atomic mass is 9.91. The zero-order valence-electron chi connectivity index (χ0n) is 17.0. The molecule has 0 aliphatic carbocycles. The highest BCUT2D eigenvalue weighted by Crippen LogP contribution is 2.37. The summed E-state index contributed by atoms with van der Waals surface area (Å²) in [5.74, 6) is -11.5. The number of amides is 1.